The van der Waals surface area contributed by atoms with Crippen LogP contribution < -0.4 is 10.1 Å². The van der Waals surface area contributed by atoms with Gasteiger partial charge in [0.15, 0.2) is 0 Å². The second kappa shape index (κ2) is 7.76. The number of methoxy groups -OCH3 is 1. The molecule has 1 aliphatic rings. The maximum absolute atomic E-state index is 5.35. The lowest BCUT2D eigenvalue weighted by atomic mass is 9.90. The first-order chi connectivity index (χ1) is 10.2. The smallest absolute Gasteiger partial charge is 0.122 e. The third-order valence-electron chi connectivity index (χ3n) is 4.41. The van der Waals surface area contributed by atoms with Crippen molar-refractivity contribution in [3.05, 3.63) is 23.5 Å². The number of nitrogens with zero attached hydrogens (tertiary/aromatic N) is 2. The highest BCUT2D eigenvalue weighted by Crippen LogP contribution is 2.22. The number of ether oxygens (including phenoxy) is 1. The highest BCUT2D eigenvalue weighted by atomic mass is 16.5. The van der Waals surface area contributed by atoms with Crippen LogP contribution in [0.15, 0.2) is 12.1 Å². The molecule has 0 spiro atoms. The van der Waals surface area contributed by atoms with Gasteiger partial charge in [-0.2, -0.15) is 0 Å². The van der Waals surface area contributed by atoms with E-state index in [2.05, 4.69) is 35.1 Å². The molecule has 1 aromatic heterocycles. The zero-order chi connectivity index (χ0) is 15.2. The summed E-state index contributed by atoms with van der Waals surface area (Å²) in [6.45, 7) is 10.8. The monoisotopic (exact) mass is 291 g/mol. The lowest BCUT2D eigenvalue weighted by molar-refractivity contribution is 0.128. The molecule has 0 bridgehead atoms. The zero-order valence-electron chi connectivity index (χ0n) is 13.9. The van der Waals surface area contributed by atoms with Gasteiger partial charge in [-0.05, 0) is 25.8 Å². The van der Waals surface area contributed by atoms with Crippen LogP contribution in [0.1, 0.15) is 38.1 Å². The molecule has 2 heterocycles. The van der Waals surface area contributed by atoms with Crippen molar-refractivity contribution in [2.45, 2.75) is 46.2 Å². The molecule has 1 aromatic rings. The molecule has 2 rings (SSSR count). The minimum absolute atomic E-state index is 0.677. The van der Waals surface area contributed by atoms with Gasteiger partial charge in [0, 0.05) is 43.5 Å². The molecule has 1 aliphatic heterocycles. The van der Waals surface area contributed by atoms with Crippen molar-refractivity contribution >= 4 is 0 Å². The summed E-state index contributed by atoms with van der Waals surface area (Å²) in [5.74, 6) is 1.65. The van der Waals surface area contributed by atoms with Gasteiger partial charge >= 0.3 is 0 Å². The van der Waals surface area contributed by atoms with Crippen molar-refractivity contribution < 1.29 is 4.74 Å². The standard InChI is InChI=1S/C17H29N3O/c1-5-14-11-20(8-7-17(14)18-6-2)12-15-10-16(21-4)9-13(3)19-15/h9-10,14,17-18H,5-8,11-12H2,1-4H3. The number of rotatable bonds is 6. The molecule has 1 saturated heterocycles. The van der Waals surface area contributed by atoms with E-state index in [-0.39, 0.29) is 0 Å². The number of likely N-dealkylation sites (tertiary alicyclic amines) is 1. The molecule has 0 aliphatic carbocycles. The summed E-state index contributed by atoms with van der Waals surface area (Å²) in [5.41, 5.74) is 2.14. The third kappa shape index (κ3) is 4.42. The number of aryl methyl sites for hydroxylation is 1. The van der Waals surface area contributed by atoms with Crippen LogP contribution >= 0.6 is 0 Å². The molecular formula is C17H29N3O. The SMILES string of the molecule is CCNC1CCN(Cc2cc(OC)cc(C)n2)CC1CC. The van der Waals surface area contributed by atoms with Crippen LogP contribution in [0.4, 0.5) is 0 Å². The van der Waals surface area contributed by atoms with Gasteiger partial charge in [-0.1, -0.05) is 20.3 Å². The zero-order valence-corrected chi connectivity index (χ0v) is 13.9. The van der Waals surface area contributed by atoms with E-state index in [0.717, 1.165) is 49.2 Å². The highest BCUT2D eigenvalue weighted by Gasteiger charge is 2.27. The molecule has 0 radical (unpaired) electrons. The van der Waals surface area contributed by atoms with Crippen molar-refractivity contribution in [3.8, 4) is 5.75 Å². The van der Waals surface area contributed by atoms with Crippen LogP contribution in [0.3, 0.4) is 0 Å². The number of aromatic nitrogens is 1. The Balaban J connectivity index is 1.99. The Morgan fingerprint density at radius 1 is 1.38 bits per heavy atom. The van der Waals surface area contributed by atoms with Gasteiger partial charge in [-0.3, -0.25) is 9.88 Å². The highest BCUT2D eigenvalue weighted by molar-refractivity contribution is 5.26. The van der Waals surface area contributed by atoms with Gasteiger partial charge in [0.25, 0.3) is 0 Å². The Kier molecular flexibility index (Phi) is 6.00. The molecule has 21 heavy (non-hydrogen) atoms. The maximum atomic E-state index is 5.35. The van der Waals surface area contributed by atoms with Crippen molar-refractivity contribution in [3.63, 3.8) is 0 Å². The molecule has 0 saturated carbocycles. The second-order valence-corrected chi connectivity index (χ2v) is 6.00. The predicted octanol–water partition coefficient (Wildman–Crippen LogP) is 2.61. The summed E-state index contributed by atoms with van der Waals surface area (Å²) < 4.78 is 5.35. The van der Waals surface area contributed by atoms with Crippen molar-refractivity contribution in [1.29, 1.82) is 0 Å². The van der Waals surface area contributed by atoms with Gasteiger partial charge in [-0.25, -0.2) is 0 Å². The molecule has 4 heteroatoms. The van der Waals surface area contributed by atoms with E-state index >= 15 is 0 Å². The average Bonchev–Trinajstić information content (AvgIpc) is 2.48. The Morgan fingerprint density at radius 3 is 2.86 bits per heavy atom. The van der Waals surface area contributed by atoms with Crippen LogP contribution in [-0.4, -0.2) is 42.7 Å². The fourth-order valence-corrected chi connectivity index (χ4v) is 3.33. The van der Waals surface area contributed by atoms with Gasteiger partial charge < -0.3 is 10.1 Å². The first kappa shape index (κ1) is 16.2. The summed E-state index contributed by atoms with van der Waals surface area (Å²) >= 11 is 0. The van der Waals surface area contributed by atoms with E-state index in [1.807, 2.05) is 13.0 Å². The van der Waals surface area contributed by atoms with E-state index < -0.39 is 0 Å². The summed E-state index contributed by atoms with van der Waals surface area (Å²) in [5, 5.41) is 3.63. The summed E-state index contributed by atoms with van der Waals surface area (Å²) in [6.07, 6.45) is 2.47. The number of nitrogens with one attached hydrogen (secondary N) is 1. The minimum atomic E-state index is 0.677. The summed E-state index contributed by atoms with van der Waals surface area (Å²) in [7, 11) is 1.72. The molecule has 4 nitrogen and oxygen atoms in total. The van der Waals surface area contributed by atoms with Crippen molar-refractivity contribution in [2.75, 3.05) is 26.7 Å². The quantitative estimate of drug-likeness (QED) is 0.874. The lowest BCUT2D eigenvalue weighted by Gasteiger charge is -2.38. The predicted molar refractivity (Wildman–Crippen MR) is 86.7 cm³/mol. The molecule has 0 amide bonds. The number of hydrogen-bond acceptors (Lipinski definition) is 4. The number of pyridine rings is 1. The Labute approximate surface area is 128 Å². The van der Waals surface area contributed by atoms with Crippen molar-refractivity contribution in [2.24, 2.45) is 5.92 Å². The van der Waals surface area contributed by atoms with Gasteiger partial charge in [0.05, 0.1) is 12.8 Å². The topological polar surface area (TPSA) is 37.4 Å². The fourth-order valence-electron chi connectivity index (χ4n) is 3.33. The molecule has 0 aromatic carbocycles. The van der Waals surface area contributed by atoms with Crippen LogP contribution in [-0.2, 0) is 6.54 Å². The largest absolute Gasteiger partial charge is 0.497 e. The van der Waals surface area contributed by atoms with E-state index in [4.69, 9.17) is 4.74 Å². The van der Waals surface area contributed by atoms with E-state index in [0.29, 0.717) is 6.04 Å². The van der Waals surface area contributed by atoms with Gasteiger partial charge in [0.2, 0.25) is 0 Å². The van der Waals surface area contributed by atoms with E-state index in [9.17, 15) is 0 Å². The molecule has 1 N–H and O–H groups in total. The molecule has 118 valence electrons. The van der Waals surface area contributed by atoms with E-state index in [1.165, 1.54) is 12.8 Å². The molecule has 2 atom stereocenters. The van der Waals surface area contributed by atoms with Crippen LogP contribution in [0.2, 0.25) is 0 Å². The molecular weight excluding hydrogens is 262 g/mol. The first-order valence-electron chi connectivity index (χ1n) is 8.13. The Hall–Kier alpha value is -1.13. The third-order valence-corrected chi connectivity index (χ3v) is 4.41. The first-order valence-corrected chi connectivity index (χ1v) is 8.13. The van der Waals surface area contributed by atoms with Gasteiger partial charge in [0.1, 0.15) is 5.75 Å². The van der Waals surface area contributed by atoms with Crippen LogP contribution in [0, 0.1) is 12.8 Å². The fraction of sp³-hybridized carbons (Fsp3) is 0.706. The lowest BCUT2D eigenvalue weighted by Crippen LogP contribution is -2.48. The average molecular weight is 291 g/mol. The van der Waals surface area contributed by atoms with E-state index in [1.54, 1.807) is 7.11 Å². The number of hydrogen-bond donors (Lipinski definition) is 1. The second-order valence-electron chi connectivity index (χ2n) is 6.00. The normalized spacial score (nSPS) is 23.2. The van der Waals surface area contributed by atoms with Gasteiger partial charge in [-0.15, -0.1) is 0 Å². The van der Waals surface area contributed by atoms with Crippen LogP contribution in [0.25, 0.3) is 0 Å². The summed E-state index contributed by atoms with van der Waals surface area (Å²) in [4.78, 5) is 7.18. The van der Waals surface area contributed by atoms with Crippen molar-refractivity contribution in [1.82, 2.24) is 15.2 Å². The minimum Gasteiger partial charge on any atom is -0.497 e. The maximum Gasteiger partial charge on any atom is 0.122 e. The number of piperidine rings is 1. The molecule has 1 fully saturated rings. The Bertz CT molecular complexity index is 450. The summed E-state index contributed by atoms with van der Waals surface area (Å²) in [6, 6.07) is 4.72. The molecule has 2 unspecified atom stereocenters. The Morgan fingerprint density at radius 2 is 2.19 bits per heavy atom. The van der Waals surface area contributed by atoms with Crippen LogP contribution in [0.5, 0.6) is 5.75 Å².